The van der Waals surface area contributed by atoms with Crippen molar-refractivity contribution in [1.82, 2.24) is 14.6 Å². The predicted molar refractivity (Wildman–Crippen MR) is 112 cm³/mol. The molecule has 0 amide bonds. The third-order valence-electron chi connectivity index (χ3n) is 5.10. The van der Waals surface area contributed by atoms with Crippen LogP contribution in [0.2, 0.25) is 0 Å². The van der Waals surface area contributed by atoms with Crippen LogP contribution in [0.1, 0.15) is 45.4 Å². The van der Waals surface area contributed by atoms with Crippen LogP contribution in [0.15, 0.2) is 15.8 Å². The van der Waals surface area contributed by atoms with Crippen molar-refractivity contribution in [2.45, 2.75) is 77.5 Å². The molecule has 182 valence electrons. The molecule has 11 nitrogen and oxygen atoms in total. The number of nitrogens with zero attached hydrogens (tertiary/aromatic N) is 1. The summed E-state index contributed by atoms with van der Waals surface area (Å²) in [5.41, 5.74) is -1.16. The fraction of sp³-hybridized carbons (Fsp3) is 0.789. The van der Waals surface area contributed by atoms with Gasteiger partial charge in [-0.2, -0.15) is 0 Å². The quantitative estimate of drug-likeness (QED) is 0.381. The second-order valence-electron chi connectivity index (χ2n) is 7.88. The summed E-state index contributed by atoms with van der Waals surface area (Å²) in [5.74, 6) is 0. The maximum atomic E-state index is 15.2. The Labute approximate surface area is 185 Å². The van der Waals surface area contributed by atoms with E-state index in [9.17, 15) is 14.2 Å². The van der Waals surface area contributed by atoms with E-state index in [1.165, 1.54) is 13.1 Å². The van der Waals surface area contributed by atoms with Crippen molar-refractivity contribution in [1.29, 1.82) is 0 Å². The highest BCUT2D eigenvalue weighted by Gasteiger charge is 2.54. The summed E-state index contributed by atoms with van der Waals surface area (Å²) >= 11 is 0. The van der Waals surface area contributed by atoms with Crippen LogP contribution < -0.4 is 16.3 Å². The number of nitrogens with one attached hydrogen (secondary N) is 2. The van der Waals surface area contributed by atoms with Gasteiger partial charge in [0, 0.05) is 25.0 Å². The van der Waals surface area contributed by atoms with Gasteiger partial charge in [0.25, 0.3) is 5.56 Å². The molecule has 0 radical (unpaired) electrons. The normalized spacial score (nSPS) is 31.1. The molecule has 3 rings (SSSR count). The molecule has 2 aliphatic heterocycles. The van der Waals surface area contributed by atoms with Gasteiger partial charge in [-0.25, -0.2) is 18.8 Å². The van der Waals surface area contributed by atoms with Crippen molar-refractivity contribution >= 4 is 7.75 Å². The number of ether oxygens (including phenoxy) is 3. The lowest BCUT2D eigenvalue weighted by Crippen LogP contribution is -2.45. The van der Waals surface area contributed by atoms with Crippen molar-refractivity contribution < 1.29 is 32.2 Å². The predicted octanol–water partition coefficient (Wildman–Crippen LogP) is 1.76. The Morgan fingerprint density at radius 3 is 2.59 bits per heavy atom. The van der Waals surface area contributed by atoms with Crippen LogP contribution in [0.25, 0.3) is 0 Å². The molecule has 1 aromatic rings. The molecule has 0 saturated carbocycles. The molecule has 13 heteroatoms. The fourth-order valence-electron chi connectivity index (χ4n) is 3.50. The van der Waals surface area contributed by atoms with E-state index < -0.39 is 55.9 Å². The van der Waals surface area contributed by atoms with E-state index in [-0.39, 0.29) is 12.2 Å². The minimum Gasteiger partial charge on any atom is -0.351 e. The average Bonchev–Trinajstić information content (AvgIpc) is 3.06. The van der Waals surface area contributed by atoms with Gasteiger partial charge in [-0.1, -0.05) is 13.8 Å². The van der Waals surface area contributed by atoms with E-state index >= 15 is 4.39 Å². The van der Waals surface area contributed by atoms with Crippen LogP contribution >= 0.6 is 7.75 Å². The molecule has 3 heterocycles. The molecular formula is C19H31FN3O8P. The number of hydrogen-bond donors (Lipinski definition) is 2. The first kappa shape index (κ1) is 25.2. The highest BCUT2D eigenvalue weighted by molar-refractivity contribution is 7.51. The third-order valence-corrected chi connectivity index (χ3v) is 6.83. The molecule has 2 aliphatic rings. The summed E-state index contributed by atoms with van der Waals surface area (Å²) < 4.78 is 57.2. The zero-order chi connectivity index (χ0) is 23.5. The molecule has 1 unspecified atom stereocenters. The van der Waals surface area contributed by atoms with E-state index in [4.69, 9.17) is 23.3 Å². The first-order valence-electron chi connectivity index (χ1n) is 10.7. The minimum absolute atomic E-state index is 0.202. The summed E-state index contributed by atoms with van der Waals surface area (Å²) in [7, 11) is -3.92. The molecule has 2 saturated heterocycles. The number of hydrogen-bond acceptors (Lipinski definition) is 8. The van der Waals surface area contributed by atoms with E-state index in [0.29, 0.717) is 13.2 Å². The van der Waals surface area contributed by atoms with Crippen molar-refractivity contribution in [3.8, 4) is 0 Å². The van der Waals surface area contributed by atoms with Gasteiger partial charge in [-0.3, -0.25) is 23.4 Å². The molecule has 2 N–H and O–H groups in total. The molecular weight excluding hydrogens is 448 g/mol. The maximum Gasteiger partial charge on any atom is 0.406 e. The third kappa shape index (κ3) is 5.56. The highest BCUT2D eigenvalue weighted by atomic mass is 31.2. The number of H-pyrrole nitrogens is 1. The van der Waals surface area contributed by atoms with Crippen LogP contribution in [0.4, 0.5) is 4.39 Å². The topological polar surface area (TPSA) is 130 Å². The Balaban J connectivity index is 1.71. The summed E-state index contributed by atoms with van der Waals surface area (Å²) in [6.45, 7) is 7.80. The van der Waals surface area contributed by atoms with Gasteiger partial charge >= 0.3 is 13.4 Å². The van der Waals surface area contributed by atoms with Crippen molar-refractivity contribution in [2.24, 2.45) is 0 Å². The standard InChI is InChI=1S/C19H31FN3O8P/c1-5-7-27-18(28-8-6-2)12(4)22-32(26)29-10-13-15(31-32)14(20)17(30-13)23-9-11(3)16(24)21-19(23)25/h9,12-15,17-18H,5-8,10H2,1-4H3,(H,22,26)(H,21,24,25)/t12-,13-,14+,15-,17-,32?/m0/s1. The van der Waals surface area contributed by atoms with E-state index in [1.807, 2.05) is 13.8 Å². The average molecular weight is 479 g/mol. The number of halogens is 1. The number of aromatic amines is 1. The molecule has 2 fully saturated rings. The zero-order valence-electron chi connectivity index (χ0n) is 18.6. The number of rotatable bonds is 10. The molecule has 0 aromatic carbocycles. The number of aromatic nitrogens is 2. The zero-order valence-corrected chi connectivity index (χ0v) is 19.5. The van der Waals surface area contributed by atoms with Crippen LogP contribution in [-0.4, -0.2) is 60.1 Å². The van der Waals surface area contributed by atoms with Gasteiger partial charge in [0.2, 0.25) is 0 Å². The van der Waals surface area contributed by atoms with Gasteiger partial charge in [-0.05, 0) is 26.7 Å². The van der Waals surface area contributed by atoms with E-state index in [0.717, 1.165) is 17.4 Å². The summed E-state index contributed by atoms with van der Waals surface area (Å²) in [4.78, 5) is 25.9. The van der Waals surface area contributed by atoms with Gasteiger partial charge in [-0.15, -0.1) is 0 Å². The number of aryl methyl sites for hydroxylation is 1. The SMILES string of the molecule is CCCOC(OCCC)[C@H](C)NP1(=O)OC[C@@H]2O[C@H](n3cc(C)c(=O)[nH]c3=O)[C@H](F)[C@H]2O1. The van der Waals surface area contributed by atoms with Crippen LogP contribution in [0.3, 0.4) is 0 Å². The van der Waals surface area contributed by atoms with Crippen LogP contribution in [0.5, 0.6) is 0 Å². The Morgan fingerprint density at radius 2 is 1.97 bits per heavy atom. The maximum absolute atomic E-state index is 15.2. The molecule has 1 aromatic heterocycles. The molecule has 0 bridgehead atoms. The lowest BCUT2D eigenvalue weighted by atomic mass is 10.1. The van der Waals surface area contributed by atoms with Crippen LogP contribution in [0, 0.1) is 6.92 Å². The summed E-state index contributed by atoms with van der Waals surface area (Å²) in [5, 5.41) is 2.75. The van der Waals surface area contributed by atoms with Crippen molar-refractivity contribution in [2.75, 3.05) is 19.8 Å². The lowest BCUT2D eigenvalue weighted by Gasteiger charge is -2.34. The smallest absolute Gasteiger partial charge is 0.351 e. The second-order valence-corrected chi connectivity index (χ2v) is 9.60. The first-order chi connectivity index (χ1) is 15.2. The van der Waals surface area contributed by atoms with E-state index in [2.05, 4.69) is 10.1 Å². The number of alkyl halides is 1. The molecule has 0 spiro atoms. The fourth-order valence-corrected chi connectivity index (χ4v) is 5.23. The van der Waals surface area contributed by atoms with Crippen molar-refractivity contribution in [3.63, 3.8) is 0 Å². The Kier molecular flexibility index (Phi) is 8.42. The first-order valence-corrected chi connectivity index (χ1v) is 12.3. The van der Waals surface area contributed by atoms with Crippen LogP contribution in [-0.2, 0) is 27.8 Å². The molecule has 0 aliphatic carbocycles. The largest absolute Gasteiger partial charge is 0.406 e. The summed E-state index contributed by atoms with van der Waals surface area (Å²) in [6, 6.07) is -0.573. The van der Waals surface area contributed by atoms with Gasteiger partial charge in [0.1, 0.15) is 12.2 Å². The van der Waals surface area contributed by atoms with Gasteiger partial charge in [0.05, 0.1) is 12.6 Å². The highest BCUT2D eigenvalue weighted by Crippen LogP contribution is 2.53. The molecule has 6 atom stereocenters. The lowest BCUT2D eigenvalue weighted by molar-refractivity contribution is -0.155. The molecule has 32 heavy (non-hydrogen) atoms. The summed E-state index contributed by atoms with van der Waals surface area (Å²) in [6.07, 6.45) is -3.20. The monoisotopic (exact) mass is 479 g/mol. The van der Waals surface area contributed by atoms with Gasteiger partial charge < -0.3 is 14.2 Å². The van der Waals surface area contributed by atoms with E-state index in [1.54, 1.807) is 6.92 Å². The Bertz CT molecular complexity index is 932. The second kappa shape index (κ2) is 10.7. The van der Waals surface area contributed by atoms with Crippen molar-refractivity contribution in [3.05, 3.63) is 32.6 Å². The Morgan fingerprint density at radius 1 is 1.31 bits per heavy atom. The Hall–Kier alpha value is -1.40. The number of fused-ring (bicyclic) bond motifs is 1. The van der Waals surface area contributed by atoms with Gasteiger partial charge in [0.15, 0.2) is 18.7 Å². The minimum atomic E-state index is -3.92.